The molecule has 4 rings (SSSR count). The molecule has 0 saturated heterocycles. The summed E-state index contributed by atoms with van der Waals surface area (Å²) < 4.78 is 5.34. The number of nitrogens with one attached hydrogen (secondary N) is 2. The SMILES string of the molecule is COc1ccccc1NC(=O)c1c(NC(=O)c2ccc([N+](=O)[O-])cc2)sc(-c2ccccc2)c1C. The number of rotatable bonds is 7. The Labute approximate surface area is 205 Å². The van der Waals surface area contributed by atoms with Crippen LogP contribution in [0.5, 0.6) is 5.75 Å². The van der Waals surface area contributed by atoms with Gasteiger partial charge in [0, 0.05) is 22.6 Å². The summed E-state index contributed by atoms with van der Waals surface area (Å²) in [7, 11) is 1.52. The van der Waals surface area contributed by atoms with E-state index in [0.29, 0.717) is 27.6 Å². The van der Waals surface area contributed by atoms with Crippen molar-refractivity contribution in [3.8, 4) is 16.2 Å². The van der Waals surface area contributed by atoms with E-state index in [9.17, 15) is 19.7 Å². The number of anilines is 2. The van der Waals surface area contributed by atoms with E-state index in [1.165, 1.54) is 42.7 Å². The molecule has 1 heterocycles. The van der Waals surface area contributed by atoms with Gasteiger partial charge in [0.05, 0.1) is 23.3 Å². The van der Waals surface area contributed by atoms with Crippen LogP contribution in [0.2, 0.25) is 0 Å². The number of benzene rings is 3. The molecule has 0 atom stereocenters. The molecule has 0 aliphatic rings. The zero-order valence-electron chi connectivity index (χ0n) is 18.9. The van der Waals surface area contributed by atoms with Crippen LogP contribution in [0.3, 0.4) is 0 Å². The van der Waals surface area contributed by atoms with E-state index in [1.807, 2.05) is 37.3 Å². The number of hydrogen-bond acceptors (Lipinski definition) is 6. The maximum Gasteiger partial charge on any atom is 0.269 e. The summed E-state index contributed by atoms with van der Waals surface area (Å²) in [5.41, 5.74) is 2.58. The monoisotopic (exact) mass is 487 g/mol. The fraction of sp³-hybridized carbons (Fsp3) is 0.0769. The second-order valence-electron chi connectivity index (χ2n) is 7.54. The van der Waals surface area contributed by atoms with Crippen molar-refractivity contribution in [3.63, 3.8) is 0 Å². The second-order valence-corrected chi connectivity index (χ2v) is 8.56. The Bertz CT molecular complexity index is 1400. The number of nitro benzene ring substituents is 1. The van der Waals surface area contributed by atoms with Crippen LogP contribution in [-0.4, -0.2) is 23.8 Å². The number of methoxy groups -OCH3 is 1. The summed E-state index contributed by atoms with van der Waals surface area (Å²) in [5.74, 6) is -0.370. The van der Waals surface area contributed by atoms with Gasteiger partial charge in [0.25, 0.3) is 17.5 Å². The smallest absolute Gasteiger partial charge is 0.269 e. The van der Waals surface area contributed by atoms with Gasteiger partial charge in [0.1, 0.15) is 10.8 Å². The molecule has 0 aliphatic carbocycles. The van der Waals surface area contributed by atoms with Crippen LogP contribution >= 0.6 is 11.3 Å². The third kappa shape index (κ3) is 5.04. The van der Waals surface area contributed by atoms with E-state index in [1.54, 1.807) is 24.3 Å². The fourth-order valence-electron chi connectivity index (χ4n) is 3.58. The minimum Gasteiger partial charge on any atom is -0.495 e. The van der Waals surface area contributed by atoms with Gasteiger partial charge in [-0.15, -0.1) is 11.3 Å². The molecule has 176 valence electrons. The van der Waals surface area contributed by atoms with Gasteiger partial charge in [-0.2, -0.15) is 0 Å². The number of para-hydroxylation sites is 2. The summed E-state index contributed by atoms with van der Waals surface area (Å²) in [6, 6.07) is 21.9. The van der Waals surface area contributed by atoms with Gasteiger partial charge in [-0.25, -0.2) is 0 Å². The Balaban J connectivity index is 1.71. The highest BCUT2D eigenvalue weighted by atomic mass is 32.1. The Kier molecular flexibility index (Phi) is 6.88. The number of thiophene rings is 1. The first kappa shape index (κ1) is 23.7. The van der Waals surface area contributed by atoms with Crippen LogP contribution in [-0.2, 0) is 0 Å². The lowest BCUT2D eigenvalue weighted by Gasteiger charge is -2.11. The van der Waals surface area contributed by atoms with Crippen molar-refractivity contribution in [1.29, 1.82) is 0 Å². The third-order valence-corrected chi connectivity index (χ3v) is 6.59. The molecule has 0 saturated carbocycles. The minimum atomic E-state index is -0.531. The number of nitro groups is 1. The van der Waals surface area contributed by atoms with E-state index >= 15 is 0 Å². The quantitative estimate of drug-likeness (QED) is 0.240. The highest BCUT2D eigenvalue weighted by Crippen LogP contribution is 2.40. The van der Waals surface area contributed by atoms with Gasteiger partial charge in [-0.3, -0.25) is 19.7 Å². The highest BCUT2D eigenvalue weighted by Gasteiger charge is 2.24. The largest absolute Gasteiger partial charge is 0.495 e. The first-order valence-corrected chi connectivity index (χ1v) is 11.4. The fourth-order valence-corrected chi connectivity index (χ4v) is 4.79. The molecule has 0 unspecified atom stereocenters. The lowest BCUT2D eigenvalue weighted by atomic mass is 10.1. The topological polar surface area (TPSA) is 111 Å². The van der Waals surface area contributed by atoms with Gasteiger partial charge >= 0.3 is 0 Å². The molecule has 0 bridgehead atoms. The zero-order valence-corrected chi connectivity index (χ0v) is 19.7. The van der Waals surface area contributed by atoms with Crippen LogP contribution in [0.1, 0.15) is 26.3 Å². The number of non-ortho nitro benzene ring substituents is 1. The summed E-state index contributed by atoms with van der Waals surface area (Å²) in [6.07, 6.45) is 0. The molecule has 1 aromatic heterocycles. The van der Waals surface area contributed by atoms with Gasteiger partial charge in [0.2, 0.25) is 0 Å². The molecule has 0 fully saturated rings. The van der Waals surface area contributed by atoms with E-state index in [-0.39, 0.29) is 11.3 Å². The number of carbonyl (C=O) groups is 2. The predicted octanol–water partition coefficient (Wildman–Crippen LogP) is 6.14. The molecule has 3 aromatic carbocycles. The van der Waals surface area contributed by atoms with Crippen LogP contribution in [0.4, 0.5) is 16.4 Å². The van der Waals surface area contributed by atoms with E-state index < -0.39 is 16.7 Å². The number of ether oxygens (including phenoxy) is 1. The Hall–Kier alpha value is -4.50. The molecule has 8 nitrogen and oxygen atoms in total. The number of carbonyl (C=O) groups excluding carboxylic acids is 2. The van der Waals surface area contributed by atoms with Crippen molar-refractivity contribution in [2.24, 2.45) is 0 Å². The maximum atomic E-state index is 13.4. The van der Waals surface area contributed by atoms with Gasteiger partial charge < -0.3 is 15.4 Å². The predicted molar refractivity (Wildman–Crippen MR) is 136 cm³/mol. The molecular formula is C26H21N3O5S. The highest BCUT2D eigenvalue weighted by molar-refractivity contribution is 7.20. The summed E-state index contributed by atoms with van der Waals surface area (Å²) in [4.78, 5) is 37.6. The van der Waals surface area contributed by atoms with Crippen molar-refractivity contribution in [3.05, 3.63) is 106 Å². The molecule has 9 heteroatoms. The van der Waals surface area contributed by atoms with E-state index in [2.05, 4.69) is 10.6 Å². The standard InChI is InChI=1S/C26H21N3O5S/c1-16-22(25(31)27-20-10-6-7-11-21(20)34-2)26(35-23(16)17-8-4-3-5-9-17)28-24(30)18-12-14-19(15-13-18)29(32)33/h3-15H,1-2H3,(H,27,31)(H,28,30). The van der Waals surface area contributed by atoms with E-state index in [0.717, 1.165) is 10.4 Å². The molecule has 2 amide bonds. The first-order valence-electron chi connectivity index (χ1n) is 10.6. The normalized spacial score (nSPS) is 10.5. The lowest BCUT2D eigenvalue weighted by molar-refractivity contribution is -0.384. The van der Waals surface area contributed by atoms with Gasteiger partial charge in [-0.05, 0) is 42.3 Å². The Morgan fingerprint density at radius 2 is 1.54 bits per heavy atom. The zero-order chi connectivity index (χ0) is 24.9. The lowest BCUT2D eigenvalue weighted by Crippen LogP contribution is -2.18. The molecule has 2 N–H and O–H groups in total. The van der Waals surface area contributed by atoms with Crippen molar-refractivity contribution >= 4 is 39.5 Å². The summed E-state index contributed by atoms with van der Waals surface area (Å²) in [5, 5.41) is 17.0. The van der Waals surface area contributed by atoms with Gasteiger partial charge in [-0.1, -0.05) is 42.5 Å². The molecule has 35 heavy (non-hydrogen) atoms. The average Bonchev–Trinajstić information content (AvgIpc) is 3.20. The molecule has 0 radical (unpaired) electrons. The average molecular weight is 488 g/mol. The van der Waals surface area contributed by atoms with Crippen molar-refractivity contribution in [1.82, 2.24) is 0 Å². The molecule has 4 aromatic rings. The van der Waals surface area contributed by atoms with Crippen LogP contribution in [0.15, 0.2) is 78.9 Å². The number of amides is 2. The Morgan fingerprint density at radius 3 is 2.20 bits per heavy atom. The van der Waals surface area contributed by atoms with Crippen molar-refractivity contribution < 1.29 is 19.2 Å². The number of nitrogens with zero attached hydrogens (tertiary/aromatic N) is 1. The van der Waals surface area contributed by atoms with Crippen molar-refractivity contribution in [2.45, 2.75) is 6.92 Å². The van der Waals surface area contributed by atoms with E-state index in [4.69, 9.17) is 4.74 Å². The maximum absolute atomic E-state index is 13.4. The molecule has 0 spiro atoms. The molecule has 0 aliphatic heterocycles. The van der Waals surface area contributed by atoms with Crippen LogP contribution in [0, 0.1) is 17.0 Å². The first-order chi connectivity index (χ1) is 16.9. The second kappa shape index (κ2) is 10.2. The van der Waals surface area contributed by atoms with Crippen molar-refractivity contribution in [2.75, 3.05) is 17.7 Å². The third-order valence-electron chi connectivity index (χ3n) is 5.33. The van der Waals surface area contributed by atoms with Crippen LogP contribution < -0.4 is 15.4 Å². The van der Waals surface area contributed by atoms with Gasteiger partial charge in [0.15, 0.2) is 0 Å². The number of hydrogen-bond donors (Lipinski definition) is 2. The summed E-state index contributed by atoms with van der Waals surface area (Å²) >= 11 is 1.29. The molecular weight excluding hydrogens is 466 g/mol. The summed E-state index contributed by atoms with van der Waals surface area (Å²) in [6.45, 7) is 1.83. The Morgan fingerprint density at radius 1 is 0.886 bits per heavy atom. The van der Waals surface area contributed by atoms with Crippen LogP contribution in [0.25, 0.3) is 10.4 Å². The minimum absolute atomic E-state index is 0.114.